The van der Waals surface area contributed by atoms with Gasteiger partial charge in [-0.25, -0.2) is 0 Å². The molecule has 1 heterocycles. The van der Waals surface area contributed by atoms with Crippen LogP contribution >= 0.6 is 0 Å². The molecule has 80 valence electrons. The van der Waals surface area contributed by atoms with Crippen molar-refractivity contribution < 1.29 is 0 Å². The third-order valence-electron chi connectivity index (χ3n) is 2.63. The summed E-state index contributed by atoms with van der Waals surface area (Å²) >= 11 is 0. The first kappa shape index (κ1) is 10.6. The maximum atomic E-state index is 4.34. The van der Waals surface area contributed by atoms with E-state index in [0.717, 1.165) is 5.69 Å². The van der Waals surface area contributed by atoms with Gasteiger partial charge in [0.1, 0.15) is 0 Å². The Morgan fingerprint density at radius 3 is 2.50 bits per heavy atom. The Morgan fingerprint density at radius 1 is 1.06 bits per heavy atom. The van der Waals surface area contributed by atoms with E-state index in [0.29, 0.717) is 0 Å². The molecule has 0 amide bonds. The third kappa shape index (κ3) is 2.37. The number of hydrogen-bond acceptors (Lipinski definition) is 1. The monoisotopic (exact) mass is 209 g/mol. The lowest BCUT2D eigenvalue weighted by Gasteiger charge is -2.03. The highest BCUT2D eigenvalue weighted by Gasteiger charge is 1.97. The molecular weight excluding hydrogens is 194 g/mol. The maximum absolute atomic E-state index is 4.34. The zero-order chi connectivity index (χ0) is 11.4. The van der Waals surface area contributed by atoms with Crippen LogP contribution in [0.3, 0.4) is 0 Å². The summed E-state index contributed by atoms with van der Waals surface area (Å²) in [5.74, 6) is 0. The van der Waals surface area contributed by atoms with Crippen LogP contribution in [0.2, 0.25) is 0 Å². The van der Waals surface area contributed by atoms with E-state index in [-0.39, 0.29) is 0 Å². The summed E-state index contributed by atoms with van der Waals surface area (Å²) in [5.41, 5.74) is 4.77. The standard InChI is InChI=1S/C15H15N/c1-12-7-3-4-8-14(12)11-13(2)15-9-5-6-10-16-15/h3-11H,1-2H3/b13-11+. The van der Waals surface area contributed by atoms with Crippen molar-refractivity contribution in [2.75, 3.05) is 0 Å². The van der Waals surface area contributed by atoms with Gasteiger partial charge in [-0.1, -0.05) is 30.3 Å². The molecule has 0 bridgehead atoms. The molecule has 1 nitrogen and oxygen atoms in total. The number of pyridine rings is 1. The normalized spacial score (nSPS) is 11.5. The van der Waals surface area contributed by atoms with E-state index in [2.05, 4.69) is 49.2 Å². The average molecular weight is 209 g/mol. The molecule has 0 saturated carbocycles. The minimum absolute atomic E-state index is 1.03. The number of nitrogens with zero attached hydrogens (tertiary/aromatic N) is 1. The second-order valence-corrected chi connectivity index (χ2v) is 3.90. The Bertz CT molecular complexity index is 498. The zero-order valence-corrected chi connectivity index (χ0v) is 9.64. The van der Waals surface area contributed by atoms with Gasteiger partial charge in [0.05, 0.1) is 5.69 Å². The molecule has 16 heavy (non-hydrogen) atoms. The first-order valence-electron chi connectivity index (χ1n) is 5.43. The number of hydrogen-bond donors (Lipinski definition) is 0. The fraction of sp³-hybridized carbons (Fsp3) is 0.133. The zero-order valence-electron chi connectivity index (χ0n) is 9.64. The largest absolute Gasteiger partial charge is 0.257 e. The molecule has 0 radical (unpaired) electrons. The summed E-state index contributed by atoms with van der Waals surface area (Å²) in [4.78, 5) is 4.34. The summed E-state index contributed by atoms with van der Waals surface area (Å²) in [6.45, 7) is 4.21. The van der Waals surface area contributed by atoms with Crippen LogP contribution in [0.15, 0.2) is 48.7 Å². The minimum atomic E-state index is 1.03. The minimum Gasteiger partial charge on any atom is -0.257 e. The Morgan fingerprint density at radius 2 is 1.81 bits per heavy atom. The summed E-state index contributed by atoms with van der Waals surface area (Å²) in [5, 5.41) is 0. The molecule has 0 unspecified atom stereocenters. The molecule has 0 saturated heterocycles. The van der Waals surface area contributed by atoms with Crippen LogP contribution in [-0.2, 0) is 0 Å². The van der Waals surface area contributed by atoms with Crippen LogP contribution in [0.25, 0.3) is 11.6 Å². The summed E-state index contributed by atoms with van der Waals surface area (Å²) in [6, 6.07) is 14.3. The van der Waals surface area contributed by atoms with Crippen LogP contribution < -0.4 is 0 Å². The number of benzene rings is 1. The van der Waals surface area contributed by atoms with Crippen LogP contribution in [-0.4, -0.2) is 4.98 Å². The van der Waals surface area contributed by atoms with Gasteiger partial charge in [-0.15, -0.1) is 0 Å². The Hall–Kier alpha value is -1.89. The van der Waals surface area contributed by atoms with Crippen molar-refractivity contribution in [1.29, 1.82) is 0 Å². The molecule has 0 atom stereocenters. The van der Waals surface area contributed by atoms with Crippen molar-refractivity contribution in [3.8, 4) is 0 Å². The van der Waals surface area contributed by atoms with Crippen LogP contribution in [0.5, 0.6) is 0 Å². The first-order valence-corrected chi connectivity index (χ1v) is 5.43. The Balaban J connectivity index is 2.36. The molecule has 0 aliphatic carbocycles. The Labute approximate surface area is 96.5 Å². The maximum Gasteiger partial charge on any atom is 0.0658 e. The fourth-order valence-corrected chi connectivity index (χ4v) is 1.65. The van der Waals surface area contributed by atoms with Crippen molar-refractivity contribution in [3.63, 3.8) is 0 Å². The smallest absolute Gasteiger partial charge is 0.0658 e. The molecule has 1 aromatic carbocycles. The van der Waals surface area contributed by atoms with E-state index >= 15 is 0 Å². The highest BCUT2D eigenvalue weighted by atomic mass is 14.7. The van der Waals surface area contributed by atoms with Crippen molar-refractivity contribution in [2.24, 2.45) is 0 Å². The van der Waals surface area contributed by atoms with Gasteiger partial charge in [-0.2, -0.15) is 0 Å². The highest BCUT2D eigenvalue weighted by molar-refractivity contribution is 5.79. The van der Waals surface area contributed by atoms with Crippen LogP contribution in [0.4, 0.5) is 0 Å². The van der Waals surface area contributed by atoms with E-state index in [1.165, 1.54) is 16.7 Å². The van der Waals surface area contributed by atoms with E-state index in [9.17, 15) is 0 Å². The van der Waals surface area contributed by atoms with Gasteiger partial charge in [0.15, 0.2) is 0 Å². The average Bonchev–Trinajstić information content (AvgIpc) is 2.33. The summed E-state index contributed by atoms with van der Waals surface area (Å²) in [7, 11) is 0. The van der Waals surface area contributed by atoms with E-state index in [1.54, 1.807) is 0 Å². The molecule has 2 aromatic rings. The van der Waals surface area contributed by atoms with Gasteiger partial charge in [-0.3, -0.25) is 4.98 Å². The second-order valence-electron chi connectivity index (χ2n) is 3.90. The second kappa shape index (κ2) is 4.75. The van der Waals surface area contributed by atoms with Gasteiger partial charge in [0.25, 0.3) is 0 Å². The molecule has 0 spiro atoms. The molecule has 0 fully saturated rings. The lowest BCUT2D eigenvalue weighted by Crippen LogP contribution is -1.85. The SMILES string of the molecule is C/C(=C\c1ccccc1C)c1ccccn1. The van der Waals surface area contributed by atoms with Crippen molar-refractivity contribution in [2.45, 2.75) is 13.8 Å². The number of rotatable bonds is 2. The quantitative estimate of drug-likeness (QED) is 0.729. The molecule has 0 N–H and O–H groups in total. The van der Waals surface area contributed by atoms with Gasteiger partial charge in [-0.05, 0) is 48.8 Å². The van der Waals surface area contributed by atoms with Crippen LogP contribution in [0.1, 0.15) is 23.7 Å². The topological polar surface area (TPSA) is 12.9 Å². The van der Waals surface area contributed by atoms with Crippen molar-refractivity contribution >= 4 is 11.6 Å². The van der Waals surface area contributed by atoms with Gasteiger partial charge in [0, 0.05) is 6.20 Å². The summed E-state index contributed by atoms with van der Waals surface area (Å²) in [6.07, 6.45) is 4.00. The fourth-order valence-electron chi connectivity index (χ4n) is 1.65. The number of allylic oxidation sites excluding steroid dienone is 1. The van der Waals surface area contributed by atoms with E-state index < -0.39 is 0 Å². The first-order chi connectivity index (χ1) is 7.77. The molecular formula is C15H15N. The molecule has 1 aromatic heterocycles. The molecule has 0 aliphatic rings. The lowest BCUT2D eigenvalue weighted by atomic mass is 10.0. The predicted octanol–water partition coefficient (Wildman–Crippen LogP) is 3.95. The van der Waals surface area contributed by atoms with Crippen molar-refractivity contribution in [3.05, 3.63) is 65.5 Å². The van der Waals surface area contributed by atoms with Crippen LogP contribution in [0, 0.1) is 6.92 Å². The van der Waals surface area contributed by atoms with E-state index in [1.807, 2.05) is 24.4 Å². The predicted molar refractivity (Wildman–Crippen MR) is 69.0 cm³/mol. The molecule has 1 heteroatoms. The van der Waals surface area contributed by atoms with Gasteiger partial charge >= 0.3 is 0 Å². The number of aryl methyl sites for hydroxylation is 1. The van der Waals surface area contributed by atoms with Crippen molar-refractivity contribution in [1.82, 2.24) is 4.98 Å². The van der Waals surface area contributed by atoms with Gasteiger partial charge in [0.2, 0.25) is 0 Å². The van der Waals surface area contributed by atoms with Gasteiger partial charge < -0.3 is 0 Å². The molecule has 2 rings (SSSR count). The van der Waals surface area contributed by atoms with E-state index in [4.69, 9.17) is 0 Å². The molecule has 0 aliphatic heterocycles. The lowest BCUT2D eigenvalue weighted by molar-refractivity contribution is 1.27. The summed E-state index contributed by atoms with van der Waals surface area (Å²) < 4.78 is 0. The number of aromatic nitrogens is 1. The highest BCUT2D eigenvalue weighted by Crippen LogP contribution is 2.17. The third-order valence-corrected chi connectivity index (χ3v) is 2.63. The Kier molecular flexibility index (Phi) is 3.16.